The van der Waals surface area contributed by atoms with Crippen LogP contribution >= 0.6 is 11.8 Å². The smallest absolute Gasteiger partial charge is 0.118 e. The second-order valence-corrected chi connectivity index (χ2v) is 7.98. The number of hydrogen-bond acceptors (Lipinski definition) is 2. The Morgan fingerprint density at radius 3 is 2.29 bits per heavy atom. The molecule has 0 saturated carbocycles. The number of aromatic nitrogens is 1. The Balaban J connectivity index is 1.38. The first-order chi connectivity index (χ1) is 15.3. The third kappa shape index (κ3) is 5.54. The summed E-state index contributed by atoms with van der Waals surface area (Å²) in [6, 6.07) is 26.8. The van der Waals surface area contributed by atoms with Gasteiger partial charge in [-0.25, -0.2) is 0 Å². The fourth-order valence-corrected chi connectivity index (χ4v) is 3.80. The maximum atomic E-state index is 5.16. The SMILES string of the molecule is COc1ccc(C#CCSCC#Cc2cn(Cc3ccccc3)c3ccccc23)cc1. The van der Waals surface area contributed by atoms with E-state index < -0.39 is 0 Å². The molecule has 0 amide bonds. The van der Waals surface area contributed by atoms with E-state index in [4.69, 9.17) is 4.74 Å². The van der Waals surface area contributed by atoms with E-state index in [9.17, 15) is 0 Å². The van der Waals surface area contributed by atoms with Gasteiger partial charge in [-0.1, -0.05) is 72.2 Å². The van der Waals surface area contributed by atoms with Gasteiger partial charge in [0.1, 0.15) is 5.75 Å². The molecule has 0 aliphatic heterocycles. The van der Waals surface area contributed by atoms with E-state index in [1.807, 2.05) is 30.3 Å². The molecule has 4 rings (SSSR count). The molecule has 4 aromatic rings. The fraction of sp³-hybridized carbons (Fsp3) is 0.143. The molecule has 0 aliphatic carbocycles. The number of benzene rings is 3. The molecular formula is C28H23NOS. The topological polar surface area (TPSA) is 14.2 Å². The second kappa shape index (κ2) is 10.5. The summed E-state index contributed by atoms with van der Waals surface area (Å²) in [6.07, 6.45) is 2.17. The third-order valence-corrected chi connectivity index (χ3v) is 5.58. The van der Waals surface area contributed by atoms with Gasteiger partial charge < -0.3 is 9.30 Å². The Kier molecular flexibility index (Phi) is 7.01. The van der Waals surface area contributed by atoms with Crippen molar-refractivity contribution in [2.75, 3.05) is 18.6 Å². The number of thioether (sulfide) groups is 1. The molecule has 0 saturated heterocycles. The summed E-state index contributed by atoms with van der Waals surface area (Å²) >= 11 is 1.74. The van der Waals surface area contributed by atoms with Crippen LogP contribution in [0.1, 0.15) is 16.7 Å². The minimum Gasteiger partial charge on any atom is -0.497 e. The molecule has 0 spiro atoms. The van der Waals surface area contributed by atoms with Crippen LogP contribution in [0.5, 0.6) is 5.75 Å². The molecule has 31 heavy (non-hydrogen) atoms. The lowest BCUT2D eigenvalue weighted by Crippen LogP contribution is -1.97. The summed E-state index contributed by atoms with van der Waals surface area (Å²) in [5.41, 5.74) is 4.58. The van der Waals surface area contributed by atoms with Gasteiger partial charge in [0.15, 0.2) is 0 Å². The average molecular weight is 422 g/mol. The Morgan fingerprint density at radius 1 is 0.806 bits per heavy atom. The van der Waals surface area contributed by atoms with Crippen molar-refractivity contribution in [3.05, 3.63) is 102 Å². The van der Waals surface area contributed by atoms with Crippen LogP contribution in [-0.4, -0.2) is 23.2 Å². The lowest BCUT2D eigenvalue weighted by atomic mass is 10.2. The number of hydrogen-bond donors (Lipinski definition) is 0. The molecule has 1 heterocycles. The van der Waals surface area contributed by atoms with Crippen LogP contribution in [0.3, 0.4) is 0 Å². The van der Waals surface area contributed by atoms with Gasteiger partial charge in [-0.15, -0.1) is 11.8 Å². The quantitative estimate of drug-likeness (QED) is 0.297. The Labute approximate surface area is 188 Å². The zero-order valence-corrected chi connectivity index (χ0v) is 18.3. The summed E-state index contributed by atoms with van der Waals surface area (Å²) < 4.78 is 7.44. The summed E-state index contributed by atoms with van der Waals surface area (Å²) in [5, 5.41) is 1.20. The fourth-order valence-electron chi connectivity index (χ4n) is 3.35. The van der Waals surface area contributed by atoms with Crippen LogP contribution in [0.2, 0.25) is 0 Å². The second-order valence-electron chi connectivity index (χ2n) is 7.00. The Hall–Kier alpha value is -3.53. The van der Waals surface area contributed by atoms with Gasteiger partial charge in [0.25, 0.3) is 0 Å². The van der Waals surface area contributed by atoms with Crippen LogP contribution in [0.15, 0.2) is 85.1 Å². The monoisotopic (exact) mass is 421 g/mol. The minimum atomic E-state index is 0.759. The molecule has 3 aromatic carbocycles. The molecule has 3 heteroatoms. The summed E-state index contributed by atoms with van der Waals surface area (Å²) in [5.74, 6) is 15.4. The molecule has 0 bridgehead atoms. The molecule has 0 N–H and O–H groups in total. The summed E-state index contributed by atoms with van der Waals surface area (Å²) in [6.45, 7) is 0.846. The Morgan fingerprint density at radius 2 is 1.52 bits per heavy atom. The largest absolute Gasteiger partial charge is 0.497 e. The van der Waals surface area contributed by atoms with Crippen molar-refractivity contribution in [1.82, 2.24) is 4.57 Å². The van der Waals surface area contributed by atoms with Crippen molar-refractivity contribution in [3.63, 3.8) is 0 Å². The van der Waals surface area contributed by atoms with E-state index in [-0.39, 0.29) is 0 Å². The van der Waals surface area contributed by atoms with Crippen LogP contribution < -0.4 is 4.74 Å². The number of methoxy groups -OCH3 is 1. The van der Waals surface area contributed by atoms with Crippen molar-refractivity contribution in [2.24, 2.45) is 0 Å². The molecule has 0 radical (unpaired) electrons. The molecule has 0 fully saturated rings. The molecule has 0 atom stereocenters. The highest BCUT2D eigenvalue weighted by Gasteiger charge is 2.06. The maximum Gasteiger partial charge on any atom is 0.118 e. The van der Waals surface area contributed by atoms with E-state index >= 15 is 0 Å². The van der Waals surface area contributed by atoms with Crippen molar-refractivity contribution < 1.29 is 4.74 Å². The van der Waals surface area contributed by atoms with E-state index in [1.165, 1.54) is 16.5 Å². The highest BCUT2D eigenvalue weighted by Crippen LogP contribution is 2.22. The lowest BCUT2D eigenvalue weighted by molar-refractivity contribution is 0.415. The van der Waals surface area contributed by atoms with E-state index in [2.05, 4.69) is 83.0 Å². The molecule has 0 aliphatic rings. The van der Waals surface area contributed by atoms with Gasteiger partial charge >= 0.3 is 0 Å². The highest BCUT2D eigenvalue weighted by atomic mass is 32.2. The number of nitrogens with zero attached hydrogens (tertiary/aromatic N) is 1. The highest BCUT2D eigenvalue weighted by molar-refractivity contribution is 7.99. The predicted octanol–water partition coefficient (Wildman–Crippen LogP) is 5.83. The minimum absolute atomic E-state index is 0.759. The molecule has 1 aromatic heterocycles. The number of fused-ring (bicyclic) bond motifs is 1. The zero-order valence-electron chi connectivity index (χ0n) is 17.5. The predicted molar refractivity (Wildman–Crippen MR) is 132 cm³/mol. The van der Waals surface area contributed by atoms with Crippen LogP contribution in [-0.2, 0) is 6.54 Å². The van der Waals surface area contributed by atoms with Gasteiger partial charge in [-0.2, -0.15) is 0 Å². The molecule has 2 nitrogen and oxygen atoms in total. The summed E-state index contributed by atoms with van der Waals surface area (Å²) in [4.78, 5) is 0. The molecule has 0 unspecified atom stereocenters. The normalized spacial score (nSPS) is 10.1. The van der Waals surface area contributed by atoms with E-state index in [0.717, 1.165) is 34.9 Å². The van der Waals surface area contributed by atoms with Gasteiger partial charge in [0, 0.05) is 29.2 Å². The lowest BCUT2D eigenvalue weighted by Gasteiger charge is -2.04. The first-order valence-corrected chi connectivity index (χ1v) is 11.3. The average Bonchev–Trinajstić information content (AvgIpc) is 3.17. The number of para-hydroxylation sites is 1. The molecule has 152 valence electrons. The number of ether oxygens (including phenoxy) is 1. The van der Waals surface area contributed by atoms with Crippen molar-refractivity contribution >= 4 is 22.7 Å². The molecular weight excluding hydrogens is 398 g/mol. The van der Waals surface area contributed by atoms with Gasteiger partial charge in [-0.3, -0.25) is 0 Å². The van der Waals surface area contributed by atoms with Crippen LogP contribution in [0, 0.1) is 23.7 Å². The van der Waals surface area contributed by atoms with Crippen LogP contribution in [0.25, 0.3) is 10.9 Å². The number of rotatable bonds is 5. The Bertz CT molecular complexity index is 1270. The van der Waals surface area contributed by atoms with Crippen molar-refractivity contribution in [3.8, 4) is 29.4 Å². The van der Waals surface area contributed by atoms with Gasteiger partial charge in [0.05, 0.1) is 24.2 Å². The first kappa shape index (κ1) is 20.7. The van der Waals surface area contributed by atoms with Crippen LogP contribution in [0.4, 0.5) is 0 Å². The first-order valence-electron chi connectivity index (χ1n) is 10.1. The third-order valence-electron chi connectivity index (χ3n) is 4.88. The zero-order chi connectivity index (χ0) is 21.3. The summed E-state index contributed by atoms with van der Waals surface area (Å²) in [7, 11) is 1.67. The van der Waals surface area contributed by atoms with Gasteiger partial charge in [0.2, 0.25) is 0 Å². The van der Waals surface area contributed by atoms with Crippen molar-refractivity contribution in [1.29, 1.82) is 0 Å². The maximum absolute atomic E-state index is 5.16. The van der Waals surface area contributed by atoms with Crippen molar-refractivity contribution in [2.45, 2.75) is 6.54 Å². The van der Waals surface area contributed by atoms with Gasteiger partial charge in [-0.05, 0) is 35.9 Å². The van der Waals surface area contributed by atoms with E-state index in [0.29, 0.717) is 0 Å². The standard InChI is InChI=1S/C28H23NOS/c1-30-26-17-15-23(16-18-26)11-7-19-31-20-8-12-25-22-29(21-24-9-3-2-4-10-24)28-14-6-5-13-27(25)28/h2-6,9-10,13-18,22H,19-21H2,1H3. The van der Waals surface area contributed by atoms with E-state index in [1.54, 1.807) is 18.9 Å².